The van der Waals surface area contributed by atoms with Crippen LogP contribution in [0.4, 0.5) is 4.39 Å². The van der Waals surface area contributed by atoms with Gasteiger partial charge in [0.2, 0.25) is 0 Å². The van der Waals surface area contributed by atoms with Crippen LogP contribution in [0, 0.1) is 17.7 Å². The Morgan fingerprint density at radius 3 is 2.63 bits per heavy atom. The van der Waals surface area contributed by atoms with Gasteiger partial charge in [0, 0.05) is 6.04 Å². The van der Waals surface area contributed by atoms with Crippen molar-refractivity contribution in [3.63, 3.8) is 0 Å². The third kappa shape index (κ3) is 3.70. The number of benzene rings is 1. The average Bonchev–Trinajstić information content (AvgIpc) is 2.44. The highest BCUT2D eigenvalue weighted by molar-refractivity contribution is 6.30. The second-order valence-electron chi connectivity index (χ2n) is 5.77. The van der Waals surface area contributed by atoms with E-state index in [1.165, 1.54) is 32.1 Å². The molecule has 0 saturated heterocycles. The van der Waals surface area contributed by atoms with Gasteiger partial charge in [0.1, 0.15) is 5.82 Å². The molecule has 0 spiro atoms. The fourth-order valence-corrected chi connectivity index (χ4v) is 3.35. The smallest absolute Gasteiger partial charge is 0.145 e. The minimum absolute atomic E-state index is 0.0470. The maximum absolute atomic E-state index is 13.9. The molecule has 0 heterocycles. The Hall–Kier alpha value is -0.600. The highest BCUT2D eigenvalue weighted by Crippen LogP contribution is 2.33. The fourth-order valence-electron chi connectivity index (χ4n) is 3.15. The van der Waals surface area contributed by atoms with E-state index in [1.807, 2.05) is 0 Å². The first kappa shape index (κ1) is 14.8. The molecule has 1 aromatic carbocycles. The molecule has 0 aliphatic heterocycles. The minimum Gasteiger partial charge on any atom is -0.327 e. The lowest BCUT2D eigenvalue weighted by Crippen LogP contribution is -2.35. The van der Waals surface area contributed by atoms with E-state index >= 15 is 0 Å². The second kappa shape index (κ2) is 6.71. The average molecular weight is 284 g/mol. The van der Waals surface area contributed by atoms with Crippen LogP contribution >= 0.6 is 11.6 Å². The Kier molecular flexibility index (Phi) is 5.23. The van der Waals surface area contributed by atoms with Gasteiger partial charge in [0.15, 0.2) is 0 Å². The van der Waals surface area contributed by atoms with E-state index in [2.05, 4.69) is 6.92 Å². The Morgan fingerprint density at radius 1 is 1.32 bits per heavy atom. The summed E-state index contributed by atoms with van der Waals surface area (Å²) in [5.74, 6) is 1.09. The van der Waals surface area contributed by atoms with Crippen molar-refractivity contribution < 1.29 is 4.39 Å². The minimum atomic E-state index is -0.304. The fraction of sp³-hybridized carbons (Fsp3) is 0.625. The highest BCUT2D eigenvalue weighted by atomic mass is 35.5. The van der Waals surface area contributed by atoms with Crippen molar-refractivity contribution in [1.29, 1.82) is 0 Å². The molecular formula is C16H23ClFN. The van der Waals surface area contributed by atoms with E-state index in [0.29, 0.717) is 17.9 Å². The van der Waals surface area contributed by atoms with E-state index in [0.717, 1.165) is 5.92 Å². The van der Waals surface area contributed by atoms with E-state index in [-0.39, 0.29) is 16.9 Å². The third-order valence-corrected chi connectivity index (χ3v) is 4.85. The highest BCUT2D eigenvalue weighted by Gasteiger charge is 2.25. The van der Waals surface area contributed by atoms with Gasteiger partial charge in [-0.15, -0.1) is 0 Å². The van der Waals surface area contributed by atoms with Crippen LogP contribution in [0.2, 0.25) is 5.02 Å². The molecule has 106 valence electrons. The van der Waals surface area contributed by atoms with Crippen molar-refractivity contribution in [2.24, 2.45) is 17.6 Å². The molecule has 1 atom stereocenters. The van der Waals surface area contributed by atoms with Gasteiger partial charge in [-0.1, -0.05) is 49.9 Å². The van der Waals surface area contributed by atoms with Crippen LogP contribution in [0.3, 0.4) is 0 Å². The molecule has 1 fully saturated rings. The lowest BCUT2D eigenvalue weighted by molar-refractivity contribution is 0.237. The predicted octanol–water partition coefficient (Wildman–Crippen LogP) is 4.57. The lowest BCUT2D eigenvalue weighted by Gasteiger charge is -2.31. The summed E-state index contributed by atoms with van der Waals surface area (Å²) in [5, 5.41) is 0.194. The Morgan fingerprint density at radius 2 is 2.00 bits per heavy atom. The zero-order valence-corrected chi connectivity index (χ0v) is 12.3. The van der Waals surface area contributed by atoms with Gasteiger partial charge < -0.3 is 5.73 Å². The molecule has 0 aromatic heterocycles. The van der Waals surface area contributed by atoms with Gasteiger partial charge in [-0.2, -0.15) is 0 Å². The molecule has 3 heteroatoms. The summed E-state index contributed by atoms with van der Waals surface area (Å²) in [6, 6.07) is 5.21. The molecule has 1 nitrogen and oxygen atoms in total. The van der Waals surface area contributed by atoms with Crippen LogP contribution < -0.4 is 5.73 Å². The molecule has 0 amide bonds. The van der Waals surface area contributed by atoms with Gasteiger partial charge in [0.05, 0.1) is 5.02 Å². The number of hydrogen-bond donors (Lipinski definition) is 1. The SMILES string of the molecule is CCC1CCC(C(N)Cc2cccc(Cl)c2F)CC1. The molecule has 1 aromatic rings. The van der Waals surface area contributed by atoms with Gasteiger partial charge in [-0.25, -0.2) is 4.39 Å². The van der Waals surface area contributed by atoms with E-state index in [1.54, 1.807) is 18.2 Å². The summed E-state index contributed by atoms with van der Waals surface area (Å²) >= 11 is 5.81. The molecule has 0 radical (unpaired) electrons. The first-order valence-corrected chi connectivity index (χ1v) is 7.68. The molecule has 1 aliphatic carbocycles. The van der Waals surface area contributed by atoms with Crippen LogP contribution in [0.1, 0.15) is 44.6 Å². The van der Waals surface area contributed by atoms with Crippen LogP contribution in [0.15, 0.2) is 18.2 Å². The van der Waals surface area contributed by atoms with Gasteiger partial charge >= 0.3 is 0 Å². The zero-order valence-electron chi connectivity index (χ0n) is 11.5. The lowest BCUT2D eigenvalue weighted by atomic mass is 9.76. The first-order valence-electron chi connectivity index (χ1n) is 7.30. The van der Waals surface area contributed by atoms with Crippen LogP contribution in [0.25, 0.3) is 0 Å². The van der Waals surface area contributed by atoms with Gasteiger partial charge in [-0.05, 0) is 42.7 Å². The quantitative estimate of drug-likeness (QED) is 0.861. The van der Waals surface area contributed by atoms with Gasteiger partial charge in [-0.3, -0.25) is 0 Å². The number of rotatable bonds is 4. The number of hydrogen-bond acceptors (Lipinski definition) is 1. The largest absolute Gasteiger partial charge is 0.327 e. The van der Waals surface area contributed by atoms with Crippen molar-refractivity contribution in [2.45, 2.75) is 51.5 Å². The molecule has 19 heavy (non-hydrogen) atoms. The molecule has 2 rings (SSSR count). The van der Waals surface area contributed by atoms with Crippen LogP contribution in [0.5, 0.6) is 0 Å². The van der Waals surface area contributed by atoms with Crippen molar-refractivity contribution in [3.05, 3.63) is 34.6 Å². The number of halogens is 2. The molecular weight excluding hydrogens is 261 g/mol. The first-order chi connectivity index (χ1) is 9.11. The summed E-state index contributed by atoms with van der Waals surface area (Å²) in [4.78, 5) is 0. The van der Waals surface area contributed by atoms with E-state index in [4.69, 9.17) is 17.3 Å². The normalized spacial score (nSPS) is 25.3. The summed E-state index contributed by atoms with van der Waals surface area (Å²) in [5.41, 5.74) is 6.93. The molecule has 0 bridgehead atoms. The van der Waals surface area contributed by atoms with Crippen molar-refractivity contribution >= 4 is 11.6 Å². The summed E-state index contributed by atoms with van der Waals surface area (Å²) in [6.07, 6.45) is 6.77. The maximum atomic E-state index is 13.9. The van der Waals surface area contributed by atoms with Crippen molar-refractivity contribution in [2.75, 3.05) is 0 Å². The van der Waals surface area contributed by atoms with Crippen LogP contribution in [-0.4, -0.2) is 6.04 Å². The molecule has 1 unspecified atom stereocenters. The zero-order chi connectivity index (χ0) is 13.8. The topological polar surface area (TPSA) is 26.0 Å². The van der Waals surface area contributed by atoms with Gasteiger partial charge in [0.25, 0.3) is 0 Å². The molecule has 2 N–H and O–H groups in total. The van der Waals surface area contributed by atoms with Crippen LogP contribution in [-0.2, 0) is 6.42 Å². The number of nitrogens with two attached hydrogens (primary N) is 1. The van der Waals surface area contributed by atoms with Crippen molar-refractivity contribution in [3.8, 4) is 0 Å². The van der Waals surface area contributed by atoms with E-state index < -0.39 is 0 Å². The standard InChI is InChI=1S/C16H23ClFN/c1-2-11-6-8-12(9-7-11)15(19)10-13-4-3-5-14(17)16(13)18/h3-5,11-12,15H,2,6-10,19H2,1H3. The third-order valence-electron chi connectivity index (χ3n) is 4.56. The Balaban J connectivity index is 1.94. The van der Waals surface area contributed by atoms with E-state index in [9.17, 15) is 4.39 Å². The summed E-state index contributed by atoms with van der Waals surface area (Å²) in [6.45, 7) is 2.26. The summed E-state index contributed by atoms with van der Waals surface area (Å²) < 4.78 is 13.9. The maximum Gasteiger partial charge on any atom is 0.145 e. The molecule has 1 saturated carbocycles. The predicted molar refractivity (Wildman–Crippen MR) is 78.8 cm³/mol. The van der Waals surface area contributed by atoms with Crippen molar-refractivity contribution in [1.82, 2.24) is 0 Å². The summed E-state index contributed by atoms with van der Waals surface area (Å²) in [7, 11) is 0. The second-order valence-corrected chi connectivity index (χ2v) is 6.18. The molecule has 1 aliphatic rings. The Bertz CT molecular complexity index is 413. The monoisotopic (exact) mass is 283 g/mol. The Labute approximate surface area is 120 Å².